The Hall–Kier alpha value is -1.55. The van der Waals surface area contributed by atoms with E-state index in [0.717, 1.165) is 18.7 Å². The third-order valence-electron chi connectivity index (χ3n) is 3.81. The Kier molecular flexibility index (Phi) is 3.19. The number of amides is 2. The molecule has 0 bridgehead atoms. The van der Waals surface area contributed by atoms with E-state index in [1.165, 1.54) is 5.56 Å². The molecule has 0 saturated carbocycles. The minimum Gasteiger partial charge on any atom is -0.372 e. The van der Waals surface area contributed by atoms with Crippen LogP contribution < -0.4 is 4.90 Å². The summed E-state index contributed by atoms with van der Waals surface area (Å²) in [4.78, 5) is 16.5. The van der Waals surface area contributed by atoms with Gasteiger partial charge in [-0.15, -0.1) is 0 Å². The summed E-state index contributed by atoms with van der Waals surface area (Å²) in [6.07, 6.45) is 1.19. The van der Waals surface area contributed by atoms with Crippen LogP contribution in [-0.2, 0) is 11.2 Å². The molecule has 0 N–H and O–H groups in total. The maximum absolute atomic E-state index is 12.7. The zero-order valence-corrected chi connectivity index (χ0v) is 11.5. The van der Waals surface area contributed by atoms with Gasteiger partial charge < -0.3 is 9.64 Å². The Bertz CT molecular complexity index is 479. The van der Waals surface area contributed by atoms with Crippen LogP contribution in [0.1, 0.15) is 19.4 Å². The van der Waals surface area contributed by atoms with Gasteiger partial charge in [-0.1, -0.05) is 18.2 Å². The number of fused-ring (bicyclic) bond motifs is 1. The molecule has 2 unspecified atom stereocenters. The third-order valence-corrected chi connectivity index (χ3v) is 3.81. The number of nitrogens with zero attached hydrogens (tertiary/aromatic N) is 2. The fraction of sp³-hybridized carbons (Fsp3) is 0.533. The molecular weight excluding hydrogens is 240 g/mol. The summed E-state index contributed by atoms with van der Waals surface area (Å²) < 4.78 is 5.69. The van der Waals surface area contributed by atoms with E-state index in [1.807, 2.05) is 41.8 Å². The second kappa shape index (κ2) is 4.85. The first-order chi connectivity index (χ1) is 9.15. The molecule has 4 nitrogen and oxygen atoms in total. The maximum Gasteiger partial charge on any atom is 0.324 e. The molecule has 0 spiro atoms. The Balaban J connectivity index is 1.78. The predicted octanol–water partition coefficient (Wildman–Crippen LogP) is 2.28. The molecule has 0 aliphatic carbocycles. The molecule has 1 fully saturated rings. The van der Waals surface area contributed by atoms with E-state index in [-0.39, 0.29) is 18.2 Å². The van der Waals surface area contributed by atoms with Crippen LogP contribution in [0, 0.1) is 0 Å². The van der Waals surface area contributed by atoms with Gasteiger partial charge in [-0.2, -0.15) is 0 Å². The highest BCUT2D eigenvalue weighted by molar-refractivity contribution is 5.94. The van der Waals surface area contributed by atoms with Crippen LogP contribution in [0.4, 0.5) is 10.5 Å². The molecule has 2 aliphatic heterocycles. The van der Waals surface area contributed by atoms with E-state index >= 15 is 0 Å². The molecule has 19 heavy (non-hydrogen) atoms. The Morgan fingerprint density at radius 2 is 1.89 bits per heavy atom. The monoisotopic (exact) mass is 260 g/mol. The number of carbonyl (C=O) groups is 1. The number of para-hydroxylation sites is 1. The van der Waals surface area contributed by atoms with Gasteiger partial charge in [0.25, 0.3) is 0 Å². The molecule has 3 rings (SSSR count). The summed E-state index contributed by atoms with van der Waals surface area (Å²) in [5.41, 5.74) is 2.34. The lowest BCUT2D eigenvalue weighted by molar-refractivity contribution is -0.0537. The van der Waals surface area contributed by atoms with Gasteiger partial charge in [-0.3, -0.25) is 4.90 Å². The lowest BCUT2D eigenvalue weighted by atomic mass is 10.2. The van der Waals surface area contributed by atoms with E-state index in [2.05, 4.69) is 6.07 Å². The van der Waals surface area contributed by atoms with Gasteiger partial charge in [0.05, 0.1) is 12.2 Å². The average Bonchev–Trinajstić information content (AvgIpc) is 2.80. The summed E-state index contributed by atoms with van der Waals surface area (Å²) in [6.45, 7) is 6.20. The van der Waals surface area contributed by atoms with Crippen LogP contribution in [0.3, 0.4) is 0 Å². The predicted molar refractivity (Wildman–Crippen MR) is 74.5 cm³/mol. The molecular formula is C15H20N2O2. The van der Waals surface area contributed by atoms with Gasteiger partial charge >= 0.3 is 6.03 Å². The Morgan fingerprint density at radius 3 is 2.63 bits per heavy atom. The molecule has 1 aromatic rings. The molecule has 2 amide bonds. The minimum atomic E-state index is 0.116. The van der Waals surface area contributed by atoms with E-state index in [4.69, 9.17) is 4.74 Å². The highest BCUT2D eigenvalue weighted by Crippen LogP contribution is 2.29. The van der Waals surface area contributed by atoms with Gasteiger partial charge in [0.1, 0.15) is 0 Å². The normalized spacial score (nSPS) is 26.4. The first-order valence-corrected chi connectivity index (χ1v) is 6.95. The van der Waals surface area contributed by atoms with Crippen molar-refractivity contribution in [2.24, 2.45) is 0 Å². The van der Waals surface area contributed by atoms with E-state index in [9.17, 15) is 4.79 Å². The van der Waals surface area contributed by atoms with Crippen LogP contribution in [0.5, 0.6) is 0 Å². The summed E-state index contributed by atoms with van der Waals surface area (Å²) in [5.74, 6) is 0. The van der Waals surface area contributed by atoms with Crippen molar-refractivity contribution in [1.82, 2.24) is 4.90 Å². The van der Waals surface area contributed by atoms with Crippen molar-refractivity contribution in [2.45, 2.75) is 32.5 Å². The standard InChI is InChI=1S/C15H20N2O2/c1-11-9-16(10-12(2)19-11)15(18)17-8-7-13-5-3-4-6-14(13)17/h3-6,11-12H,7-10H2,1-2H3. The molecule has 1 aromatic carbocycles. The zero-order valence-electron chi connectivity index (χ0n) is 11.5. The summed E-state index contributed by atoms with van der Waals surface area (Å²) in [6, 6.07) is 8.29. The van der Waals surface area contributed by atoms with Crippen molar-refractivity contribution in [3.05, 3.63) is 29.8 Å². The molecule has 1 saturated heterocycles. The lowest BCUT2D eigenvalue weighted by Crippen LogP contribution is -2.52. The number of morpholine rings is 1. The summed E-state index contributed by atoms with van der Waals surface area (Å²) >= 11 is 0. The van der Waals surface area contributed by atoms with Crippen LogP contribution in [-0.4, -0.2) is 42.8 Å². The number of hydrogen-bond donors (Lipinski definition) is 0. The average molecular weight is 260 g/mol. The summed E-state index contributed by atoms with van der Waals surface area (Å²) in [5, 5.41) is 0. The van der Waals surface area contributed by atoms with Gasteiger partial charge in [0.15, 0.2) is 0 Å². The Labute approximate surface area is 113 Å². The molecule has 4 heteroatoms. The minimum absolute atomic E-state index is 0.116. The van der Waals surface area contributed by atoms with Gasteiger partial charge in [-0.25, -0.2) is 4.79 Å². The largest absolute Gasteiger partial charge is 0.372 e. The lowest BCUT2D eigenvalue weighted by Gasteiger charge is -2.37. The number of carbonyl (C=O) groups excluding carboxylic acids is 1. The van der Waals surface area contributed by atoms with Crippen LogP contribution >= 0.6 is 0 Å². The zero-order chi connectivity index (χ0) is 13.4. The van der Waals surface area contributed by atoms with E-state index in [1.54, 1.807) is 0 Å². The van der Waals surface area contributed by atoms with Crippen molar-refractivity contribution in [2.75, 3.05) is 24.5 Å². The Morgan fingerprint density at radius 1 is 1.21 bits per heavy atom. The fourth-order valence-electron chi connectivity index (χ4n) is 3.04. The van der Waals surface area contributed by atoms with Gasteiger partial charge in [0.2, 0.25) is 0 Å². The quantitative estimate of drug-likeness (QED) is 0.717. The van der Waals surface area contributed by atoms with Crippen molar-refractivity contribution < 1.29 is 9.53 Å². The maximum atomic E-state index is 12.7. The van der Waals surface area contributed by atoms with Crippen molar-refractivity contribution in [3.8, 4) is 0 Å². The molecule has 2 heterocycles. The molecule has 0 aromatic heterocycles. The number of ether oxygens (including phenoxy) is 1. The fourth-order valence-corrected chi connectivity index (χ4v) is 3.04. The van der Waals surface area contributed by atoms with Crippen LogP contribution in [0.15, 0.2) is 24.3 Å². The SMILES string of the molecule is CC1CN(C(=O)N2CCc3ccccc32)CC(C)O1. The van der Waals surface area contributed by atoms with E-state index in [0.29, 0.717) is 13.1 Å². The van der Waals surface area contributed by atoms with Gasteiger partial charge in [0, 0.05) is 25.3 Å². The number of hydrogen-bond acceptors (Lipinski definition) is 2. The number of urea groups is 1. The highest BCUT2D eigenvalue weighted by Gasteiger charge is 2.32. The van der Waals surface area contributed by atoms with E-state index < -0.39 is 0 Å². The molecule has 0 radical (unpaired) electrons. The second-order valence-corrected chi connectivity index (χ2v) is 5.48. The van der Waals surface area contributed by atoms with Crippen LogP contribution in [0.2, 0.25) is 0 Å². The number of anilines is 1. The van der Waals surface area contributed by atoms with Crippen molar-refractivity contribution in [3.63, 3.8) is 0 Å². The number of benzene rings is 1. The van der Waals surface area contributed by atoms with Crippen molar-refractivity contribution in [1.29, 1.82) is 0 Å². The first kappa shape index (κ1) is 12.5. The third kappa shape index (κ3) is 2.32. The van der Waals surface area contributed by atoms with Crippen LogP contribution in [0.25, 0.3) is 0 Å². The first-order valence-electron chi connectivity index (χ1n) is 6.95. The topological polar surface area (TPSA) is 32.8 Å². The molecule has 2 aliphatic rings. The van der Waals surface area contributed by atoms with Gasteiger partial charge in [-0.05, 0) is 31.9 Å². The smallest absolute Gasteiger partial charge is 0.324 e. The molecule has 2 atom stereocenters. The molecule has 102 valence electrons. The summed E-state index contributed by atoms with van der Waals surface area (Å²) in [7, 11) is 0. The highest BCUT2D eigenvalue weighted by atomic mass is 16.5. The van der Waals surface area contributed by atoms with Crippen molar-refractivity contribution >= 4 is 11.7 Å². The second-order valence-electron chi connectivity index (χ2n) is 5.48. The number of rotatable bonds is 0.